The van der Waals surface area contributed by atoms with Gasteiger partial charge in [-0.15, -0.1) is 0 Å². The van der Waals surface area contributed by atoms with Crippen molar-refractivity contribution < 1.29 is 22.3 Å². The number of benzene rings is 2. The Hall–Kier alpha value is -1.81. The summed E-state index contributed by atoms with van der Waals surface area (Å²) in [4.78, 5) is 12.2. The van der Waals surface area contributed by atoms with Gasteiger partial charge in [0.05, 0.1) is 16.6 Å². The topological polar surface area (TPSA) is 84.5 Å². The van der Waals surface area contributed by atoms with Crippen molar-refractivity contribution in [1.82, 2.24) is 4.72 Å². The highest BCUT2D eigenvalue weighted by molar-refractivity contribution is 9.10. The molecule has 3 rings (SSSR count). The first-order chi connectivity index (χ1) is 12.8. The molecule has 1 fully saturated rings. The highest BCUT2D eigenvalue weighted by atomic mass is 79.9. The number of anilines is 1. The molecule has 0 saturated carbocycles. The second kappa shape index (κ2) is 8.47. The van der Waals surface area contributed by atoms with E-state index in [4.69, 9.17) is 4.74 Å². The average Bonchev–Trinajstić information content (AvgIpc) is 3.16. The number of nitrogens with one attached hydrogen (secondary N) is 2. The molecule has 2 N–H and O–H groups in total. The molecule has 6 nitrogen and oxygen atoms in total. The van der Waals surface area contributed by atoms with E-state index in [1.807, 2.05) is 0 Å². The molecule has 9 heteroatoms. The molecule has 1 atom stereocenters. The van der Waals surface area contributed by atoms with Gasteiger partial charge in [-0.1, -0.05) is 15.9 Å². The molecule has 1 saturated heterocycles. The van der Waals surface area contributed by atoms with E-state index >= 15 is 0 Å². The van der Waals surface area contributed by atoms with Gasteiger partial charge in [0.25, 0.3) is 5.91 Å². The zero-order valence-corrected chi connectivity index (χ0v) is 16.6. The first kappa shape index (κ1) is 19.9. The number of sulfonamides is 1. The molecule has 27 heavy (non-hydrogen) atoms. The molecule has 2 aromatic rings. The molecule has 1 amide bonds. The predicted molar refractivity (Wildman–Crippen MR) is 103 cm³/mol. The van der Waals surface area contributed by atoms with Gasteiger partial charge in [0.1, 0.15) is 5.82 Å². The van der Waals surface area contributed by atoms with Gasteiger partial charge in [-0.2, -0.15) is 0 Å². The summed E-state index contributed by atoms with van der Waals surface area (Å²) in [6.45, 7) is 0.753. The van der Waals surface area contributed by atoms with Gasteiger partial charge in [-0.05, 0) is 55.3 Å². The van der Waals surface area contributed by atoms with E-state index in [0.717, 1.165) is 35.5 Å². The SMILES string of the molecule is O=C(Nc1ccc(Br)cc1)c1cc(S(=O)(=O)NCC2CCCO2)ccc1F. The van der Waals surface area contributed by atoms with E-state index in [2.05, 4.69) is 26.0 Å². The quantitative estimate of drug-likeness (QED) is 0.698. The van der Waals surface area contributed by atoms with Crippen LogP contribution in [0, 0.1) is 5.82 Å². The largest absolute Gasteiger partial charge is 0.377 e. The molecule has 1 heterocycles. The van der Waals surface area contributed by atoms with E-state index in [9.17, 15) is 17.6 Å². The van der Waals surface area contributed by atoms with E-state index < -0.39 is 21.7 Å². The first-order valence-electron chi connectivity index (χ1n) is 8.33. The minimum absolute atomic E-state index is 0.139. The molecular formula is C18H18BrFN2O4S. The van der Waals surface area contributed by atoms with Gasteiger partial charge < -0.3 is 10.1 Å². The fourth-order valence-electron chi connectivity index (χ4n) is 2.67. The zero-order valence-electron chi connectivity index (χ0n) is 14.2. The Morgan fingerprint density at radius 2 is 1.96 bits per heavy atom. The van der Waals surface area contributed by atoms with Crippen molar-refractivity contribution in [2.45, 2.75) is 23.8 Å². The Morgan fingerprint density at radius 1 is 1.22 bits per heavy atom. The number of amides is 1. The lowest BCUT2D eigenvalue weighted by molar-refractivity contribution is 0.102. The van der Waals surface area contributed by atoms with Gasteiger partial charge in [0.15, 0.2) is 0 Å². The van der Waals surface area contributed by atoms with Crippen LogP contribution in [0.1, 0.15) is 23.2 Å². The van der Waals surface area contributed by atoms with Crippen LogP contribution in [0.25, 0.3) is 0 Å². The Morgan fingerprint density at radius 3 is 2.63 bits per heavy atom. The third kappa shape index (κ3) is 5.13. The minimum atomic E-state index is -3.88. The third-order valence-corrected chi connectivity index (χ3v) is 6.07. The fourth-order valence-corrected chi connectivity index (χ4v) is 4.03. The van der Waals surface area contributed by atoms with Crippen molar-refractivity contribution in [3.63, 3.8) is 0 Å². The number of rotatable bonds is 6. The van der Waals surface area contributed by atoms with Gasteiger partial charge >= 0.3 is 0 Å². The number of carbonyl (C=O) groups is 1. The summed E-state index contributed by atoms with van der Waals surface area (Å²) in [7, 11) is -3.88. The lowest BCUT2D eigenvalue weighted by Crippen LogP contribution is -2.32. The molecule has 0 bridgehead atoms. The monoisotopic (exact) mass is 456 g/mol. The van der Waals surface area contributed by atoms with E-state index in [1.54, 1.807) is 24.3 Å². The predicted octanol–water partition coefficient (Wildman–Crippen LogP) is 3.30. The molecule has 0 spiro atoms. The van der Waals surface area contributed by atoms with E-state index in [0.29, 0.717) is 12.3 Å². The summed E-state index contributed by atoms with van der Waals surface area (Å²) in [6.07, 6.45) is 1.51. The van der Waals surface area contributed by atoms with Crippen molar-refractivity contribution in [3.05, 3.63) is 58.3 Å². The summed E-state index contributed by atoms with van der Waals surface area (Å²) >= 11 is 3.28. The molecule has 0 radical (unpaired) electrons. The second-order valence-electron chi connectivity index (χ2n) is 6.09. The smallest absolute Gasteiger partial charge is 0.258 e. The molecular weight excluding hydrogens is 439 g/mol. The van der Waals surface area contributed by atoms with E-state index in [-0.39, 0.29) is 23.1 Å². The Kier molecular flexibility index (Phi) is 6.25. The van der Waals surface area contributed by atoms with Gasteiger partial charge in [0, 0.05) is 23.3 Å². The minimum Gasteiger partial charge on any atom is -0.377 e. The van der Waals surface area contributed by atoms with Crippen LogP contribution < -0.4 is 10.0 Å². The van der Waals surface area contributed by atoms with Crippen molar-refractivity contribution >= 4 is 37.5 Å². The molecule has 0 aromatic heterocycles. The maximum Gasteiger partial charge on any atom is 0.258 e. The van der Waals surface area contributed by atoms with Gasteiger partial charge in [-0.25, -0.2) is 17.5 Å². The fraction of sp³-hybridized carbons (Fsp3) is 0.278. The van der Waals surface area contributed by atoms with Crippen LogP contribution in [0.5, 0.6) is 0 Å². The number of hydrogen-bond acceptors (Lipinski definition) is 4. The first-order valence-corrected chi connectivity index (χ1v) is 10.6. The van der Waals surface area contributed by atoms with Crippen LogP contribution in [0.2, 0.25) is 0 Å². The number of hydrogen-bond donors (Lipinski definition) is 2. The van der Waals surface area contributed by atoms with Crippen LogP contribution in [0.15, 0.2) is 51.8 Å². The summed E-state index contributed by atoms with van der Waals surface area (Å²) in [5.74, 6) is -1.53. The molecule has 144 valence electrons. The lowest BCUT2D eigenvalue weighted by Gasteiger charge is -2.12. The van der Waals surface area contributed by atoms with E-state index in [1.165, 1.54) is 0 Å². The standard InChI is InChI=1S/C18H18BrFN2O4S/c19-12-3-5-13(6-4-12)22-18(23)16-10-15(7-8-17(16)20)27(24,25)21-11-14-2-1-9-26-14/h3-8,10,14,21H,1-2,9,11H2,(H,22,23). The average molecular weight is 457 g/mol. The lowest BCUT2D eigenvalue weighted by atomic mass is 10.2. The van der Waals surface area contributed by atoms with Crippen molar-refractivity contribution in [1.29, 1.82) is 0 Å². The van der Waals surface area contributed by atoms with Gasteiger partial charge in [-0.3, -0.25) is 4.79 Å². The van der Waals surface area contributed by atoms with Crippen LogP contribution in [0.3, 0.4) is 0 Å². The molecule has 1 unspecified atom stereocenters. The zero-order chi connectivity index (χ0) is 19.4. The summed E-state index contributed by atoms with van der Waals surface area (Å²) in [5, 5.41) is 2.55. The Bertz CT molecular complexity index is 929. The molecule has 0 aliphatic carbocycles. The Balaban J connectivity index is 1.76. The van der Waals surface area contributed by atoms with Gasteiger partial charge in [0.2, 0.25) is 10.0 Å². The maximum absolute atomic E-state index is 14.1. The van der Waals surface area contributed by atoms with Crippen LogP contribution in [-0.4, -0.2) is 33.6 Å². The highest BCUT2D eigenvalue weighted by Crippen LogP contribution is 2.19. The van der Waals surface area contributed by atoms with Crippen LogP contribution >= 0.6 is 15.9 Å². The summed E-state index contributed by atoms with van der Waals surface area (Å²) < 4.78 is 47.7. The molecule has 1 aliphatic rings. The third-order valence-electron chi connectivity index (χ3n) is 4.12. The van der Waals surface area contributed by atoms with Crippen molar-refractivity contribution in [2.24, 2.45) is 0 Å². The normalized spacial score (nSPS) is 17.0. The van der Waals surface area contributed by atoms with Crippen LogP contribution in [-0.2, 0) is 14.8 Å². The van der Waals surface area contributed by atoms with Crippen molar-refractivity contribution in [2.75, 3.05) is 18.5 Å². The highest BCUT2D eigenvalue weighted by Gasteiger charge is 2.22. The summed E-state index contributed by atoms with van der Waals surface area (Å²) in [6, 6.07) is 9.86. The maximum atomic E-state index is 14.1. The van der Waals surface area contributed by atoms with Crippen molar-refractivity contribution in [3.8, 4) is 0 Å². The molecule has 2 aromatic carbocycles. The number of halogens is 2. The molecule has 1 aliphatic heterocycles. The Labute approximate surface area is 165 Å². The van der Waals surface area contributed by atoms with Crippen LogP contribution in [0.4, 0.5) is 10.1 Å². The summed E-state index contributed by atoms with van der Waals surface area (Å²) in [5.41, 5.74) is 0.116. The number of ether oxygens (including phenoxy) is 1. The number of carbonyl (C=O) groups excluding carboxylic acids is 1. The second-order valence-corrected chi connectivity index (χ2v) is 8.77.